The average Bonchev–Trinajstić information content (AvgIpc) is 2.99. The Morgan fingerprint density at radius 3 is 2.76 bits per heavy atom. The van der Waals surface area contributed by atoms with E-state index in [2.05, 4.69) is 21.7 Å². The van der Waals surface area contributed by atoms with E-state index < -0.39 is 0 Å². The molecule has 0 aliphatic heterocycles. The van der Waals surface area contributed by atoms with Crippen molar-refractivity contribution < 1.29 is 4.79 Å². The molecule has 0 aromatic carbocycles. The Balaban J connectivity index is 1.68. The van der Waals surface area contributed by atoms with Gasteiger partial charge in [0.25, 0.3) is 0 Å². The topological polar surface area (TPSA) is 57.3 Å². The lowest BCUT2D eigenvalue weighted by Crippen LogP contribution is -2.36. The first-order valence-electron chi connectivity index (χ1n) is 6.81. The molecule has 0 fully saturated rings. The average molecular weight is 304 g/mol. The van der Waals surface area contributed by atoms with Crippen molar-refractivity contribution in [3.8, 4) is 0 Å². The monoisotopic (exact) mass is 304 g/mol. The normalized spacial score (nSPS) is 10.2. The molecule has 0 aliphatic carbocycles. The van der Waals surface area contributed by atoms with Gasteiger partial charge in [-0.25, -0.2) is 9.78 Å². The fourth-order valence-electron chi connectivity index (χ4n) is 1.78. The third-order valence-corrected chi connectivity index (χ3v) is 3.89. The van der Waals surface area contributed by atoms with Crippen LogP contribution in [0.3, 0.4) is 0 Å². The summed E-state index contributed by atoms with van der Waals surface area (Å²) in [4.78, 5) is 19.2. The molecule has 2 rings (SSSR count). The summed E-state index contributed by atoms with van der Waals surface area (Å²) >= 11 is 1.70. The van der Waals surface area contributed by atoms with E-state index in [1.807, 2.05) is 42.6 Å². The highest BCUT2D eigenvalue weighted by Crippen LogP contribution is 2.08. The van der Waals surface area contributed by atoms with Crippen molar-refractivity contribution in [1.82, 2.24) is 15.6 Å². The molecule has 0 saturated carbocycles. The molecule has 2 aromatic heterocycles. The van der Waals surface area contributed by atoms with Crippen LogP contribution in [0.15, 0.2) is 35.8 Å². The number of urea groups is 1. The van der Waals surface area contributed by atoms with Crippen molar-refractivity contribution >= 4 is 23.2 Å². The molecule has 0 spiro atoms. The number of amides is 2. The summed E-state index contributed by atoms with van der Waals surface area (Å²) in [7, 11) is 3.89. The number of carbonyl (C=O) groups excluding carboxylic acids is 1. The molecule has 0 unspecified atom stereocenters. The standard InChI is InChI=1S/C15H20N4OS/c1-19(2)14-6-5-12(10-17-14)11-18-15(20)16-8-7-13-4-3-9-21-13/h3-6,9-10H,7-8,11H2,1-2H3,(H2,16,18,20). The van der Waals surface area contributed by atoms with Crippen LogP contribution >= 0.6 is 11.3 Å². The molecule has 2 aromatic rings. The van der Waals surface area contributed by atoms with E-state index in [-0.39, 0.29) is 6.03 Å². The van der Waals surface area contributed by atoms with Gasteiger partial charge in [-0.3, -0.25) is 0 Å². The van der Waals surface area contributed by atoms with Crippen LogP contribution in [0.4, 0.5) is 10.6 Å². The van der Waals surface area contributed by atoms with Crippen LogP contribution in [0.25, 0.3) is 0 Å². The minimum absolute atomic E-state index is 0.150. The number of thiophene rings is 1. The van der Waals surface area contributed by atoms with Crippen LogP contribution in [0.2, 0.25) is 0 Å². The van der Waals surface area contributed by atoms with E-state index in [0.717, 1.165) is 17.8 Å². The molecule has 2 N–H and O–H groups in total. The smallest absolute Gasteiger partial charge is 0.315 e. The van der Waals surface area contributed by atoms with Crippen LogP contribution in [-0.2, 0) is 13.0 Å². The number of hydrogen-bond donors (Lipinski definition) is 2. The maximum atomic E-state index is 11.7. The summed E-state index contributed by atoms with van der Waals surface area (Å²) in [5.41, 5.74) is 0.981. The number of anilines is 1. The molecule has 2 amide bonds. The maximum absolute atomic E-state index is 11.7. The lowest BCUT2D eigenvalue weighted by atomic mass is 10.3. The predicted molar refractivity (Wildman–Crippen MR) is 86.8 cm³/mol. The van der Waals surface area contributed by atoms with E-state index in [0.29, 0.717) is 13.1 Å². The SMILES string of the molecule is CN(C)c1ccc(CNC(=O)NCCc2cccs2)cn1. The van der Waals surface area contributed by atoms with E-state index in [1.54, 1.807) is 17.5 Å². The van der Waals surface area contributed by atoms with Crippen LogP contribution in [0.5, 0.6) is 0 Å². The van der Waals surface area contributed by atoms with E-state index in [1.165, 1.54) is 4.88 Å². The molecule has 112 valence electrons. The Kier molecular flexibility index (Phi) is 5.57. The lowest BCUT2D eigenvalue weighted by molar-refractivity contribution is 0.240. The van der Waals surface area contributed by atoms with Crippen molar-refractivity contribution in [3.05, 3.63) is 46.3 Å². The summed E-state index contributed by atoms with van der Waals surface area (Å²) < 4.78 is 0. The number of nitrogens with zero attached hydrogens (tertiary/aromatic N) is 2. The third kappa shape index (κ3) is 5.07. The molecule has 0 bridgehead atoms. The highest BCUT2D eigenvalue weighted by molar-refractivity contribution is 7.09. The molecular formula is C15H20N4OS. The molecule has 0 saturated heterocycles. The van der Waals surface area contributed by atoms with Gasteiger partial charge in [0.2, 0.25) is 0 Å². The quantitative estimate of drug-likeness (QED) is 0.860. The lowest BCUT2D eigenvalue weighted by Gasteiger charge is -2.11. The number of nitrogens with one attached hydrogen (secondary N) is 2. The predicted octanol–water partition coefficient (Wildman–Crippen LogP) is 2.25. The minimum Gasteiger partial charge on any atom is -0.363 e. The van der Waals surface area contributed by atoms with Gasteiger partial charge >= 0.3 is 6.03 Å². The number of carbonyl (C=O) groups is 1. The Bertz CT molecular complexity index is 552. The summed E-state index contributed by atoms with van der Waals surface area (Å²) in [5.74, 6) is 0.902. The Hall–Kier alpha value is -2.08. The van der Waals surface area contributed by atoms with Crippen molar-refractivity contribution in [3.63, 3.8) is 0 Å². The number of pyridine rings is 1. The van der Waals surface area contributed by atoms with Crippen LogP contribution in [-0.4, -0.2) is 31.7 Å². The first-order chi connectivity index (χ1) is 10.1. The van der Waals surface area contributed by atoms with Gasteiger partial charge in [0, 0.05) is 38.3 Å². The van der Waals surface area contributed by atoms with Crippen molar-refractivity contribution in [2.24, 2.45) is 0 Å². The zero-order chi connectivity index (χ0) is 15.1. The van der Waals surface area contributed by atoms with Gasteiger partial charge in [-0.05, 0) is 29.5 Å². The van der Waals surface area contributed by atoms with E-state index in [4.69, 9.17) is 0 Å². The zero-order valence-corrected chi connectivity index (χ0v) is 13.1. The van der Waals surface area contributed by atoms with Gasteiger partial charge in [-0.2, -0.15) is 0 Å². The van der Waals surface area contributed by atoms with Crippen LogP contribution < -0.4 is 15.5 Å². The summed E-state index contributed by atoms with van der Waals surface area (Å²) in [6.45, 7) is 1.12. The second-order valence-electron chi connectivity index (χ2n) is 4.86. The van der Waals surface area contributed by atoms with Gasteiger partial charge in [-0.15, -0.1) is 11.3 Å². The summed E-state index contributed by atoms with van der Waals surface area (Å²) in [6.07, 6.45) is 2.64. The molecular weight excluding hydrogens is 284 g/mol. The minimum atomic E-state index is -0.150. The Labute approximate surface area is 129 Å². The van der Waals surface area contributed by atoms with Crippen molar-refractivity contribution in [2.45, 2.75) is 13.0 Å². The highest BCUT2D eigenvalue weighted by atomic mass is 32.1. The van der Waals surface area contributed by atoms with E-state index in [9.17, 15) is 4.79 Å². The molecule has 21 heavy (non-hydrogen) atoms. The molecule has 5 nitrogen and oxygen atoms in total. The van der Waals surface area contributed by atoms with E-state index >= 15 is 0 Å². The third-order valence-electron chi connectivity index (χ3n) is 2.96. The second kappa shape index (κ2) is 7.64. The second-order valence-corrected chi connectivity index (χ2v) is 5.89. The fraction of sp³-hybridized carbons (Fsp3) is 0.333. The number of aromatic nitrogens is 1. The highest BCUT2D eigenvalue weighted by Gasteiger charge is 2.02. The van der Waals surface area contributed by atoms with Gasteiger partial charge in [0.05, 0.1) is 0 Å². The molecule has 2 heterocycles. The summed E-state index contributed by atoms with van der Waals surface area (Å²) in [6, 6.07) is 7.84. The Morgan fingerprint density at radius 2 is 2.14 bits per heavy atom. The molecule has 0 radical (unpaired) electrons. The van der Waals surface area contributed by atoms with Crippen molar-refractivity contribution in [1.29, 1.82) is 0 Å². The number of hydrogen-bond acceptors (Lipinski definition) is 4. The molecule has 6 heteroatoms. The molecule has 0 aliphatic rings. The van der Waals surface area contributed by atoms with Gasteiger partial charge in [0.15, 0.2) is 0 Å². The Morgan fingerprint density at radius 1 is 1.29 bits per heavy atom. The first kappa shape index (κ1) is 15.3. The van der Waals surface area contributed by atoms with Crippen LogP contribution in [0.1, 0.15) is 10.4 Å². The fourth-order valence-corrected chi connectivity index (χ4v) is 2.49. The molecule has 0 atom stereocenters. The largest absolute Gasteiger partial charge is 0.363 e. The van der Waals surface area contributed by atoms with Gasteiger partial charge in [0.1, 0.15) is 5.82 Å². The first-order valence-corrected chi connectivity index (χ1v) is 7.69. The van der Waals surface area contributed by atoms with Crippen LogP contribution in [0, 0.1) is 0 Å². The van der Waals surface area contributed by atoms with Crippen molar-refractivity contribution in [2.75, 3.05) is 25.5 Å². The number of rotatable bonds is 6. The van der Waals surface area contributed by atoms with Gasteiger partial charge in [-0.1, -0.05) is 12.1 Å². The maximum Gasteiger partial charge on any atom is 0.315 e. The zero-order valence-electron chi connectivity index (χ0n) is 12.3. The summed E-state index contributed by atoms with van der Waals surface area (Å²) in [5, 5.41) is 7.72. The van der Waals surface area contributed by atoms with Gasteiger partial charge < -0.3 is 15.5 Å².